The molecule has 0 fully saturated rings. The van der Waals surface area contributed by atoms with Gasteiger partial charge in [0.2, 0.25) is 0 Å². The monoisotopic (exact) mass is 271 g/mol. The van der Waals surface area contributed by atoms with Crippen molar-refractivity contribution in [2.45, 2.75) is 13.0 Å². The standard InChI is InChI=1S/C17H21NO2/c1-19-16-8-6-15(7-9-16)13-18-11-10-14-4-3-5-17(12-14)20-2/h3-9,12,18H,10-11,13H2,1-2H3. The molecule has 2 rings (SSSR count). The first-order valence-electron chi connectivity index (χ1n) is 6.78. The van der Waals surface area contributed by atoms with E-state index in [2.05, 4.69) is 29.6 Å². The molecule has 0 unspecified atom stereocenters. The molecule has 0 radical (unpaired) electrons. The topological polar surface area (TPSA) is 30.5 Å². The van der Waals surface area contributed by atoms with Crippen LogP contribution in [0.2, 0.25) is 0 Å². The van der Waals surface area contributed by atoms with Gasteiger partial charge in [-0.2, -0.15) is 0 Å². The molecule has 0 bridgehead atoms. The van der Waals surface area contributed by atoms with E-state index in [9.17, 15) is 0 Å². The number of hydrogen-bond acceptors (Lipinski definition) is 3. The van der Waals surface area contributed by atoms with Crippen LogP contribution in [-0.4, -0.2) is 20.8 Å². The Morgan fingerprint density at radius 3 is 2.30 bits per heavy atom. The van der Waals surface area contributed by atoms with Crippen LogP contribution in [-0.2, 0) is 13.0 Å². The van der Waals surface area contributed by atoms with E-state index in [1.165, 1.54) is 11.1 Å². The molecule has 0 aliphatic carbocycles. The Balaban J connectivity index is 1.75. The number of hydrogen-bond donors (Lipinski definition) is 1. The SMILES string of the molecule is COc1ccc(CNCCc2cccc(OC)c2)cc1. The van der Waals surface area contributed by atoms with Gasteiger partial charge in [0, 0.05) is 6.54 Å². The van der Waals surface area contributed by atoms with Gasteiger partial charge < -0.3 is 14.8 Å². The van der Waals surface area contributed by atoms with Crippen molar-refractivity contribution < 1.29 is 9.47 Å². The molecule has 0 aliphatic heterocycles. The lowest BCUT2D eigenvalue weighted by Crippen LogP contribution is -2.16. The average Bonchev–Trinajstić information content (AvgIpc) is 2.52. The molecule has 0 saturated heterocycles. The fourth-order valence-corrected chi connectivity index (χ4v) is 2.04. The zero-order chi connectivity index (χ0) is 14.2. The van der Waals surface area contributed by atoms with E-state index in [0.29, 0.717) is 0 Å². The third-order valence-electron chi connectivity index (χ3n) is 3.21. The van der Waals surface area contributed by atoms with Crippen molar-refractivity contribution in [3.63, 3.8) is 0 Å². The number of nitrogens with one attached hydrogen (secondary N) is 1. The highest BCUT2D eigenvalue weighted by atomic mass is 16.5. The summed E-state index contributed by atoms with van der Waals surface area (Å²) in [4.78, 5) is 0. The Bertz CT molecular complexity index is 523. The van der Waals surface area contributed by atoms with Crippen LogP contribution in [0.3, 0.4) is 0 Å². The maximum atomic E-state index is 5.22. The third kappa shape index (κ3) is 4.28. The lowest BCUT2D eigenvalue weighted by atomic mass is 10.1. The number of rotatable bonds is 7. The van der Waals surface area contributed by atoms with Gasteiger partial charge in [0.25, 0.3) is 0 Å². The van der Waals surface area contributed by atoms with Gasteiger partial charge in [-0.1, -0.05) is 24.3 Å². The lowest BCUT2D eigenvalue weighted by molar-refractivity contribution is 0.414. The van der Waals surface area contributed by atoms with Gasteiger partial charge in [0.05, 0.1) is 14.2 Å². The van der Waals surface area contributed by atoms with Crippen molar-refractivity contribution in [1.29, 1.82) is 0 Å². The number of ether oxygens (including phenoxy) is 2. The highest BCUT2D eigenvalue weighted by Gasteiger charge is 1.97. The Labute approximate surface area is 120 Å². The summed E-state index contributed by atoms with van der Waals surface area (Å²) < 4.78 is 10.4. The Hall–Kier alpha value is -2.00. The predicted octanol–water partition coefficient (Wildman–Crippen LogP) is 3.04. The fraction of sp³-hybridized carbons (Fsp3) is 0.294. The van der Waals surface area contributed by atoms with Crippen molar-refractivity contribution in [1.82, 2.24) is 5.32 Å². The molecule has 0 aromatic heterocycles. The molecule has 2 aromatic rings. The Kier molecular flexibility index (Phi) is 5.44. The second kappa shape index (κ2) is 7.56. The van der Waals surface area contributed by atoms with E-state index >= 15 is 0 Å². The summed E-state index contributed by atoms with van der Waals surface area (Å²) in [7, 11) is 3.38. The largest absolute Gasteiger partial charge is 0.497 e. The first-order chi connectivity index (χ1) is 9.81. The van der Waals surface area contributed by atoms with E-state index < -0.39 is 0 Å². The molecule has 0 saturated carbocycles. The normalized spacial score (nSPS) is 10.3. The first-order valence-corrected chi connectivity index (χ1v) is 6.78. The molecule has 3 heteroatoms. The van der Waals surface area contributed by atoms with Crippen LogP contribution in [0, 0.1) is 0 Å². The molecular formula is C17H21NO2. The van der Waals surface area contributed by atoms with Crippen LogP contribution in [0.15, 0.2) is 48.5 Å². The Morgan fingerprint density at radius 2 is 1.60 bits per heavy atom. The minimum atomic E-state index is 0.869. The second-order valence-electron chi connectivity index (χ2n) is 4.63. The summed E-state index contributed by atoms with van der Waals surface area (Å²) in [6.45, 7) is 1.81. The molecule has 0 amide bonds. The van der Waals surface area contributed by atoms with Gasteiger partial charge in [0.15, 0.2) is 0 Å². The molecule has 1 N–H and O–H groups in total. The van der Waals surface area contributed by atoms with Crippen LogP contribution < -0.4 is 14.8 Å². The van der Waals surface area contributed by atoms with Crippen molar-refractivity contribution in [2.75, 3.05) is 20.8 Å². The zero-order valence-corrected chi connectivity index (χ0v) is 12.1. The summed E-state index contributed by atoms with van der Waals surface area (Å²) in [5.41, 5.74) is 2.54. The molecular weight excluding hydrogens is 250 g/mol. The van der Waals surface area contributed by atoms with Crippen LogP contribution in [0.25, 0.3) is 0 Å². The first kappa shape index (κ1) is 14.4. The molecule has 3 nitrogen and oxygen atoms in total. The maximum Gasteiger partial charge on any atom is 0.119 e. The van der Waals surface area contributed by atoms with E-state index in [1.54, 1.807) is 14.2 Å². The van der Waals surface area contributed by atoms with Crippen molar-refractivity contribution in [3.8, 4) is 11.5 Å². The summed E-state index contributed by atoms with van der Waals surface area (Å²) in [6, 6.07) is 16.3. The lowest BCUT2D eigenvalue weighted by Gasteiger charge is -2.07. The molecule has 0 atom stereocenters. The van der Waals surface area contributed by atoms with Crippen LogP contribution in [0.4, 0.5) is 0 Å². The van der Waals surface area contributed by atoms with E-state index in [0.717, 1.165) is 31.0 Å². The van der Waals surface area contributed by atoms with E-state index in [-0.39, 0.29) is 0 Å². The average molecular weight is 271 g/mol. The van der Waals surface area contributed by atoms with Crippen LogP contribution >= 0.6 is 0 Å². The molecule has 20 heavy (non-hydrogen) atoms. The maximum absolute atomic E-state index is 5.22. The predicted molar refractivity (Wildman–Crippen MR) is 81.4 cm³/mol. The summed E-state index contributed by atoms with van der Waals surface area (Å²) in [6.07, 6.45) is 0.993. The summed E-state index contributed by atoms with van der Waals surface area (Å²) in [5.74, 6) is 1.81. The van der Waals surface area contributed by atoms with Crippen LogP contribution in [0.1, 0.15) is 11.1 Å². The van der Waals surface area contributed by atoms with Gasteiger partial charge in [-0.15, -0.1) is 0 Å². The smallest absolute Gasteiger partial charge is 0.119 e. The Morgan fingerprint density at radius 1 is 0.850 bits per heavy atom. The highest BCUT2D eigenvalue weighted by molar-refractivity contribution is 5.29. The van der Waals surface area contributed by atoms with Gasteiger partial charge in [0.1, 0.15) is 11.5 Å². The zero-order valence-electron chi connectivity index (χ0n) is 12.1. The minimum absolute atomic E-state index is 0.869. The van der Waals surface area contributed by atoms with E-state index in [1.807, 2.05) is 24.3 Å². The minimum Gasteiger partial charge on any atom is -0.497 e. The molecule has 0 spiro atoms. The molecule has 0 aliphatic rings. The number of benzene rings is 2. The number of methoxy groups -OCH3 is 2. The van der Waals surface area contributed by atoms with E-state index in [4.69, 9.17) is 9.47 Å². The second-order valence-corrected chi connectivity index (χ2v) is 4.63. The van der Waals surface area contributed by atoms with Gasteiger partial charge >= 0.3 is 0 Å². The molecule has 2 aromatic carbocycles. The van der Waals surface area contributed by atoms with Gasteiger partial charge in [-0.3, -0.25) is 0 Å². The van der Waals surface area contributed by atoms with Crippen molar-refractivity contribution >= 4 is 0 Å². The van der Waals surface area contributed by atoms with Gasteiger partial charge in [-0.25, -0.2) is 0 Å². The quantitative estimate of drug-likeness (QED) is 0.785. The molecule has 0 heterocycles. The summed E-state index contributed by atoms with van der Waals surface area (Å²) >= 11 is 0. The molecule has 106 valence electrons. The van der Waals surface area contributed by atoms with Gasteiger partial charge in [-0.05, 0) is 48.4 Å². The van der Waals surface area contributed by atoms with Crippen molar-refractivity contribution in [3.05, 3.63) is 59.7 Å². The highest BCUT2D eigenvalue weighted by Crippen LogP contribution is 2.13. The fourth-order valence-electron chi connectivity index (χ4n) is 2.04. The summed E-state index contributed by atoms with van der Waals surface area (Å²) in [5, 5.41) is 3.44. The van der Waals surface area contributed by atoms with Crippen LogP contribution in [0.5, 0.6) is 11.5 Å². The third-order valence-corrected chi connectivity index (χ3v) is 3.21. The van der Waals surface area contributed by atoms with Crippen molar-refractivity contribution in [2.24, 2.45) is 0 Å².